The third-order valence-corrected chi connectivity index (χ3v) is 3.68. The monoisotopic (exact) mass is 338 g/mol. The van der Waals surface area contributed by atoms with Crippen molar-refractivity contribution in [3.63, 3.8) is 0 Å². The molecule has 1 aromatic heterocycles. The van der Waals surface area contributed by atoms with Crippen molar-refractivity contribution in [2.45, 2.75) is 6.54 Å². The molecule has 3 aromatic rings. The molecule has 2 N–H and O–H groups in total. The highest BCUT2D eigenvalue weighted by molar-refractivity contribution is 5.99. The first-order valence-corrected chi connectivity index (χ1v) is 7.72. The average Bonchev–Trinajstić information content (AvgIpc) is 2.57. The van der Waals surface area contributed by atoms with Gasteiger partial charge in [-0.2, -0.15) is 0 Å². The topological polar surface area (TPSA) is 82.9 Å². The Morgan fingerprint density at radius 3 is 2.44 bits per heavy atom. The van der Waals surface area contributed by atoms with E-state index < -0.39 is 5.97 Å². The van der Waals surface area contributed by atoms with Gasteiger partial charge in [-0.25, -0.2) is 9.78 Å². The number of hydrogen-bond acceptors (Lipinski definition) is 5. The fourth-order valence-electron chi connectivity index (χ4n) is 2.60. The molecule has 0 bridgehead atoms. The predicted octanol–water partition coefficient (Wildman–Crippen LogP) is 3.49. The van der Waals surface area contributed by atoms with Gasteiger partial charge in [0.05, 0.1) is 5.69 Å². The van der Waals surface area contributed by atoms with Crippen molar-refractivity contribution in [1.82, 2.24) is 9.88 Å². The molecule has 1 heterocycles. The number of pyridine rings is 1. The SMILES string of the molecule is CN(C)Cc1nc(C(=O)O)c(O)c2ccc(Oc3ccccc3)cc12. The van der Waals surface area contributed by atoms with Gasteiger partial charge in [-0.1, -0.05) is 18.2 Å². The Labute approximate surface area is 144 Å². The molecule has 0 saturated carbocycles. The molecular weight excluding hydrogens is 320 g/mol. The molecule has 0 atom stereocenters. The van der Waals surface area contributed by atoms with Gasteiger partial charge in [0.25, 0.3) is 0 Å². The number of carboxylic acid groups (broad SMARTS) is 1. The quantitative estimate of drug-likeness (QED) is 0.741. The Hall–Kier alpha value is -3.12. The van der Waals surface area contributed by atoms with Gasteiger partial charge in [0.2, 0.25) is 0 Å². The molecule has 0 radical (unpaired) electrons. The van der Waals surface area contributed by atoms with Crippen molar-refractivity contribution in [1.29, 1.82) is 0 Å². The molecule has 0 saturated heterocycles. The van der Waals surface area contributed by atoms with Gasteiger partial charge >= 0.3 is 5.97 Å². The number of fused-ring (bicyclic) bond motifs is 1. The highest BCUT2D eigenvalue weighted by Gasteiger charge is 2.19. The van der Waals surface area contributed by atoms with Gasteiger partial charge in [0, 0.05) is 17.3 Å². The van der Waals surface area contributed by atoms with E-state index in [1.165, 1.54) is 0 Å². The number of hydrogen-bond donors (Lipinski definition) is 2. The van der Waals surface area contributed by atoms with Crippen molar-refractivity contribution in [3.8, 4) is 17.2 Å². The van der Waals surface area contributed by atoms with Crippen molar-refractivity contribution >= 4 is 16.7 Å². The van der Waals surface area contributed by atoms with Gasteiger partial charge in [-0.05, 0) is 44.4 Å². The van der Waals surface area contributed by atoms with Gasteiger partial charge < -0.3 is 19.8 Å². The molecule has 25 heavy (non-hydrogen) atoms. The first-order chi connectivity index (χ1) is 12.0. The summed E-state index contributed by atoms with van der Waals surface area (Å²) in [5.74, 6) is -0.321. The lowest BCUT2D eigenvalue weighted by molar-refractivity contribution is 0.0687. The van der Waals surface area contributed by atoms with Gasteiger partial charge in [0.15, 0.2) is 11.4 Å². The number of nitrogens with zero attached hydrogens (tertiary/aromatic N) is 2. The highest BCUT2D eigenvalue weighted by Crippen LogP contribution is 2.34. The minimum atomic E-state index is -1.26. The molecule has 0 unspecified atom stereocenters. The molecule has 0 aliphatic carbocycles. The van der Waals surface area contributed by atoms with Crippen LogP contribution in [0.3, 0.4) is 0 Å². The summed E-state index contributed by atoms with van der Waals surface area (Å²) in [6, 6.07) is 14.4. The summed E-state index contributed by atoms with van der Waals surface area (Å²) < 4.78 is 5.82. The lowest BCUT2D eigenvalue weighted by atomic mass is 10.1. The van der Waals surface area contributed by atoms with Crippen molar-refractivity contribution in [2.75, 3.05) is 14.1 Å². The Morgan fingerprint density at radius 1 is 1.08 bits per heavy atom. The number of carbonyl (C=O) groups is 1. The zero-order valence-electron chi connectivity index (χ0n) is 13.9. The van der Waals surface area contributed by atoms with Crippen molar-refractivity contribution in [3.05, 3.63) is 59.9 Å². The second-order valence-electron chi connectivity index (χ2n) is 5.92. The van der Waals surface area contributed by atoms with Crippen LogP contribution in [0.5, 0.6) is 17.2 Å². The second kappa shape index (κ2) is 6.78. The molecular formula is C19H18N2O4. The maximum Gasteiger partial charge on any atom is 0.358 e. The molecule has 2 aromatic carbocycles. The van der Waals surface area contributed by atoms with Crippen LogP contribution in [0.1, 0.15) is 16.2 Å². The van der Waals surface area contributed by atoms with Crippen LogP contribution in [0, 0.1) is 0 Å². The summed E-state index contributed by atoms with van der Waals surface area (Å²) in [4.78, 5) is 17.4. The van der Waals surface area contributed by atoms with Crippen LogP contribution in [-0.2, 0) is 6.54 Å². The van der Waals surface area contributed by atoms with E-state index in [0.717, 1.165) is 0 Å². The summed E-state index contributed by atoms with van der Waals surface area (Å²) in [5, 5.41) is 20.6. The third kappa shape index (κ3) is 3.54. The maximum absolute atomic E-state index is 11.4. The number of para-hydroxylation sites is 1. The van der Waals surface area contributed by atoms with Crippen LogP contribution in [-0.4, -0.2) is 40.2 Å². The minimum Gasteiger partial charge on any atom is -0.505 e. The van der Waals surface area contributed by atoms with E-state index in [4.69, 9.17) is 4.74 Å². The van der Waals surface area contributed by atoms with Crippen LogP contribution < -0.4 is 4.74 Å². The number of benzene rings is 2. The number of rotatable bonds is 5. The molecule has 0 amide bonds. The van der Waals surface area contributed by atoms with E-state index in [0.29, 0.717) is 34.5 Å². The molecule has 0 aliphatic heterocycles. The molecule has 0 fully saturated rings. The number of aromatic carboxylic acids is 1. The van der Waals surface area contributed by atoms with Crippen LogP contribution in [0.2, 0.25) is 0 Å². The second-order valence-corrected chi connectivity index (χ2v) is 5.92. The minimum absolute atomic E-state index is 0.337. The van der Waals surface area contributed by atoms with E-state index in [-0.39, 0.29) is 11.4 Å². The number of aromatic hydroxyl groups is 1. The fourth-order valence-corrected chi connectivity index (χ4v) is 2.60. The zero-order chi connectivity index (χ0) is 18.0. The summed E-state index contributed by atoms with van der Waals surface area (Å²) in [6.07, 6.45) is 0. The maximum atomic E-state index is 11.4. The highest BCUT2D eigenvalue weighted by atomic mass is 16.5. The largest absolute Gasteiger partial charge is 0.505 e. The first-order valence-electron chi connectivity index (χ1n) is 7.72. The Kier molecular flexibility index (Phi) is 4.54. The van der Waals surface area contributed by atoms with Crippen molar-refractivity contribution in [2.24, 2.45) is 0 Å². The van der Waals surface area contributed by atoms with Crippen LogP contribution in [0.4, 0.5) is 0 Å². The number of aromatic nitrogens is 1. The molecule has 0 spiro atoms. The van der Waals surface area contributed by atoms with E-state index in [1.54, 1.807) is 18.2 Å². The summed E-state index contributed by atoms with van der Waals surface area (Å²) in [7, 11) is 3.73. The molecule has 3 rings (SSSR count). The van der Waals surface area contributed by atoms with Gasteiger partial charge in [-0.15, -0.1) is 0 Å². The van der Waals surface area contributed by atoms with Crippen LogP contribution in [0.15, 0.2) is 48.5 Å². The Morgan fingerprint density at radius 2 is 1.80 bits per heavy atom. The lowest BCUT2D eigenvalue weighted by Gasteiger charge is -2.15. The number of carboxylic acids is 1. The summed E-state index contributed by atoms with van der Waals surface area (Å²) >= 11 is 0. The fraction of sp³-hybridized carbons (Fsp3) is 0.158. The molecule has 128 valence electrons. The van der Waals surface area contributed by atoms with Crippen molar-refractivity contribution < 1.29 is 19.7 Å². The zero-order valence-corrected chi connectivity index (χ0v) is 13.9. The first kappa shape index (κ1) is 16.7. The standard InChI is InChI=1S/C19H18N2O4/c1-21(2)11-16-15-10-13(25-12-6-4-3-5-7-12)8-9-14(15)18(22)17(20-16)19(23)24/h3-10,22H,11H2,1-2H3,(H,23,24). The molecule has 0 aliphatic rings. The number of ether oxygens (including phenoxy) is 1. The smallest absolute Gasteiger partial charge is 0.358 e. The Balaban J connectivity index is 2.13. The summed E-state index contributed by atoms with van der Waals surface area (Å²) in [5.41, 5.74) is 0.217. The third-order valence-electron chi connectivity index (χ3n) is 3.68. The van der Waals surface area contributed by atoms with E-state index in [9.17, 15) is 15.0 Å². The van der Waals surface area contributed by atoms with E-state index in [2.05, 4.69) is 4.98 Å². The molecule has 6 heteroatoms. The Bertz CT molecular complexity index is 924. The predicted molar refractivity (Wildman–Crippen MR) is 94.3 cm³/mol. The normalized spacial score (nSPS) is 11.0. The van der Waals surface area contributed by atoms with E-state index >= 15 is 0 Å². The molecule has 6 nitrogen and oxygen atoms in total. The van der Waals surface area contributed by atoms with Crippen LogP contribution in [0.25, 0.3) is 10.8 Å². The van der Waals surface area contributed by atoms with Gasteiger partial charge in [0.1, 0.15) is 11.5 Å². The summed E-state index contributed by atoms with van der Waals surface area (Å²) in [6.45, 7) is 0.436. The van der Waals surface area contributed by atoms with Gasteiger partial charge in [-0.3, -0.25) is 0 Å². The van der Waals surface area contributed by atoms with E-state index in [1.807, 2.05) is 49.3 Å². The average molecular weight is 338 g/mol. The lowest BCUT2D eigenvalue weighted by Crippen LogP contribution is -2.14. The van der Waals surface area contributed by atoms with Crippen LogP contribution >= 0.6 is 0 Å².